The average molecular weight is 294 g/mol. The van der Waals surface area contributed by atoms with Crippen LogP contribution >= 0.6 is 15.9 Å². The fourth-order valence-electron chi connectivity index (χ4n) is 1.47. The van der Waals surface area contributed by atoms with Gasteiger partial charge in [0.15, 0.2) is 0 Å². The second kappa shape index (κ2) is 4.34. The Morgan fingerprint density at radius 3 is 2.12 bits per heavy atom. The van der Waals surface area contributed by atoms with Crippen LogP contribution in [-0.4, -0.2) is 0 Å². The molecule has 0 atom stereocenters. The predicted octanol–water partition coefficient (Wildman–Crippen LogP) is 5.27. The van der Waals surface area contributed by atoms with Gasteiger partial charge in [-0.25, -0.2) is 0 Å². The van der Waals surface area contributed by atoms with E-state index in [1.807, 2.05) is 0 Å². The molecule has 0 radical (unpaired) electrons. The highest BCUT2D eigenvalue weighted by atomic mass is 79.9. The minimum absolute atomic E-state index is 0.0318. The SMILES string of the molecule is [2H]c1c([2H])c([2H])c(-c2c([2H])c([2H])c(Br)c3c([2H])c([2H])c([2H])c([2H])c23)c([2H])c1[2H]. The quantitative estimate of drug-likeness (QED) is 0.573. The first-order valence-corrected chi connectivity index (χ1v) is 5.48. The van der Waals surface area contributed by atoms with Gasteiger partial charge < -0.3 is 0 Å². The first-order chi connectivity index (χ1) is 12.9. The van der Waals surface area contributed by atoms with Crippen molar-refractivity contribution in [1.29, 1.82) is 0 Å². The standard InChI is InChI=1S/C16H11Br/c17-16-11-10-13(12-6-2-1-3-7-12)14-8-4-5-9-15(14)16/h1-11H/i1D,2D,3D,4D,5D,6D,7D,8D,9D,10D,11D. The van der Waals surface area contributed by atoms with E-state index in [1.165, 1.54) is 0 Å². The van der Waals surface area contributed by atoms with Crippen molar-refractivity contribution >= 4 is 26.7 Å². The third kappa shape index (κ3) is 1.87. The molecule has 17 heavy (non-hydrogen) atoms. The molecule has 0 saturated heterocycles. The van der Waals surface area contributed by atoms with Gasteiger partial charge in [0.2, 0.25) is 0 Å². The van der Waals surface area contributed by atoms with Crippen LogP contribution in [0.1, 0.15) is 15.1 Å². The molecule has 0 aliphatic heterocycles. The van der Waals surface area contributed by atoms with E-state index in [1.54, 1.807) is 0 Å². The van der Waals surface area contributed by atoms with Crippen LogP contribution in [0.3, 0.4) is 0 Å². The van der Waals surface area contributed by atoms with Crippen LogP contribution in [0, 0.1) is 0 Å². The van der Waals surface area contributed by atoms with Gasteiger partial charge in [0.05, 0.1) is 15.1 Å². The molecule has 82 valence electrons. The summed E-state index contributed by atoms with van der Waals surface area (Å²) in [5, 5.41) is -0.272. The summed E-state index contributed by atoms with van der Waals surface area (Å²) < 4.78 is 88.4. The highest BCUT2D eigenvalue weighted by Gasteiger charge is 2.05. The third-order valence-electron chi connectivity index (χ3n) is 2.20. The van der Waals surface area contributed by atoms with Crippen molar-refractivity contribution in [2.45, 2.75) is 0 Å². The van der Waals surface area contributed by atoms with Crippen molar-refractivity contribution < 1.29 is 15.1 Å². The normalized spacial score (nSPS) is 19.7. The van der Waals surface area contributed by atoms with Gasteiger partial charge in [-0.3, -0.25) is 0 Å². The van der Waals surface area contributed by atoms with E-state index < -0.39 is 66.5 Å². The van der Waals surface area contributed by atoms with Crippen LogP contribution in [0.4, 0.5) is 0 Å². The molecule has 0 unspecified atom stereocenters. The summed E-state index contributed by atoms with van der Waals surface area (Å²) in [6.45, 7) is 0. The summed E-state index contributed by atoms with van der Waals surface area (Å²) in [5.41, 5.74) is -0.681. The number of benzene rings is 3. The van der Waals surface area contributed by atoms with Crippen molar-refractivity contribution in [3.63, 3.8) is 0 Å². The zero-order chi connectivity index (χ0) is 21.2. The van der Waals surface area contributed by atoms with Gasteiger partial charge in [0.1, 0.15) is 0 Å². The topological polar surface area (TPSA) is 0 Å². The fourth-order valence-corrected chi connectivity index (χ4v) is 1.87. The summed E-state index contributed by atoms with van der Waals surface area (Å²) in [4.78, 5) is 0. The Morgan fingerprint density at radius 2 is 1.35 bits per heavy atom. The van der Waals surface area contributed by atoms with E-state index in [0.717, 1.165) is 0 Å². The van der Waals surface area contributed by atoms with E-state index in [0.29, 0.717) is 0 Å². The van der Waals surface area contributed by atoms with Gasteiger partial charge in [0.25, 0.3) is 0 Å². The van der Waals surface area contributed by atoms with E-state index in [2.05, 4.69) is 15.9 Å². The van der Waals surface area contributed by atoms with E-state index in [9.17, 15) is 0 Å². The summed E-state index contributed by atoms with van der Waals surface area (Å²) in [6.07, 6.45) is 0. The van der Waals surface area contributed by atoms with Crippen LogP contribution < -0.4 is 0 Å². The minimum atomic E-state index is -0.640. The number of hydrogen-bond acceptors (Lipinski definition) is 0. The van der Waals surface area contributed by atoms with Crippen molar-refractivity contribution in [1.82, 2.24) is 0 Å². The lowest BCUT2D eigenvalue weighted by molar-refractivity contribution is 1.64. The lowest BCUT2D eigenvalue weighted by atomic mass is 9.98. The first-order valence-electron chi connectivity index (χ1n) is 10.2. The molecule has 0 aliphatic rings. The Hall–Kier alpha value is -1.60. The van der Waals surface area contributed by atoms with Gasteiger partial charge >= 0.3 is 0 Å². The Kier molecular flexibility index (Phi) is 1.01. The minimum Gasteiger partial charge on any atom is -0.0622 e. The summed E-state index contributed by atoms with van der Waals surface area (Å²) in [5.74, 6) is 0. The zero-order valence-corrected chi connectivity index (χ0v) is 9.96. The summed E-state index contributed by atoms with van der Waals surface area (Å²) in [6, 6.07) is -6.17. The van der Waals surface area contributed by atoms with E-state index in [4.69, 9.17) is 15.1 Å². The monoisotopic (exact) mass is 293 g/mol. The van der Waals surface area contributed by atoms with Crippen molar-refractivity contribution in [2.24, 2.45) is 0 Å². The summed E-state index contributed by atoms with van der Waals surface area (Å²) >= 11 is 3.11. The van der Waals surface area contributed by atoms with Crippen LogP contribution in [-0.2, 0) is 0 Å². The van der Waals surface area contributed by atoms with Crippen molar-refractivity contribution in [2.75, 3.05) is 0 Å². The molecule has 1 heteroatoms. The molecule has 0 nitrogen and oxygen atoms in total. The molecule has 0 aromatic heterocycles. The highest BCUT2D eigenvalue weighted by molar-refractivity contribution is 9.10. The largest absolute Gasteiger partial charge is 0.0635 e. The summed E-state index contributed by atoms with van der Waals surface area (Å²) in [7, 11) is 0. The van der Waals surface area contributed by atoms with Crippen LogP contribution in [0.25, 0.3) is 21.9 Å². The van der Waals surface area contributed by atoms with Crippen LogP contribution in [0.15, 0.2) is 70.9 Å². The Balaban J connectivity index is 2.73. The van der Waals surface area contributed by atoms with E-state index in [-0.39, 0.29) is 26.4 Å². The third-order valence-corrected chi connectivity index (χ3v) is 2.80. The predicted molar refractivity (Wildman–Crippen MR) is 77.1 cm³/mol. The van der Waals surface area contributed by atoms with Gasteiger partial charge in [-0.2, -0.15) is 0 Å². The Morgan fingerprint density at radius 1 is 0.706 bits per heavy atom. The maximum atomic E-state index is 8.33. The zero-order valence-electron chi connectivity index (χ0n) is 19.4. The highest BCUT2D eigenvalue weighted by Crippen LogP contribution is 2.32. The second-order valence-corrected chi connectivity index (χ2v) is 3.98. The molecule has 0 aliphatic carbocycles. The van der Waals surface area contributed by atoms with Crippen molar-refractivity contribution in [3.8, 4) is 11.1 Å². The smallest absolute Gasteiger partial charge is 0.0622 e. The lowest BCUT2D eigenvalue weighted by Gasteiger charge is -2.08. The number of fused-ring (bicyclic) bond motifs is 1. The van der Waals surface area contributed by atoms with Crippen LogP contribution in [0.2, 0.25) is 0 Å². The van der Waals surface area contributed by atoms with Gasteiger partial charge in [-0.05, 0) is 27.9 Å². The lowest BCUT2D eigenvalue weighted by Crippen LogP contribution is -1.81. The second-order valence-electron chi connectivity index (χ2n) is 3.19. The molecule has 0 heterocycles. The Labute approximate surface area is 124 Å². The number of hydrogen-bond donors (Lipinski definition) is 0. The molecule has 0 spiro atoms. The molecule has 0 amide bonds. The molecular weight excluding hydrogens is 272 g/mol. The fraction of sp³-hybridized carbons (Fsp3) is 0. The first kappa shape index (κ1) is 3.96. The average Bonchev–Trinajstić information content (AvgIpc) is 2.67. The maximum absolute atomic E-state index is 8.33. The Bertz CT molecular complexity index is 1150. The molecular formula is C16H11Br. The molecule has 3 aromatic rings. The van der Waals surface area contributed by atoms with Gasteiger partial charge in [-0.1, -0.05) is 76.4 Å². The molecule has 0 saturated carbocycles. The molecule has 3 rings (SSSR count). The van der Waals surface area contributed by atoms with Gasteiger partial charge in [0, 0.05) is 4.47 Å². The molecule has 0 N–H and O–H groups in total. The molecule has 0 bridgehead atoms. The van der Waals surface area contributed by atoms with Gasteiger partial charge in [-0.15, -0.1) is 0 Å². The number of halogens is 1. The van der Waals surface area contributed by atoms with Crippen LogP contribution in [0.5, 0.6) is 0 Å². The van der Waals surface area contributed by atoms with E-state index >= 15 is 0 Å². The number of rotatable bonds is 1. The molecule has 0 fully saturated rings. The maximum Gasteiger partial charge on any atom is 0.0635 e. The molecule has 3 aromatic carbocycles. The van der Waals surface area contributed by atoms with Crippen molar-refractivity contribution in [3.05, 3.63) is 70.9 Å².